The SMILES string of the molecule is CC1COC(CO)CN1C(=O)c1ccnn1C(C)C. The van der Waals surface area contributed by atoms with Crippen LogP contribution >= 0.6 is 0 Å². The van der Waals surface area contributed by atoms with E-state index in [4.69, 9.17) is 9.84 Å². The van der Waals surface area contributed by atoms with Crippen LogP contribution in [0.15, 0.2) is 12.3 Å². The molecule has 1 aromatic rings. The van der Waals surface area contributed by atoms with Gasteiger partial charge in [-0.05, 0) is 26.8 Å². The van der Waals surface area contributed by atoms with Crippen LogP contribution in [0.4, 0.5) is 0 Å². The van der Waals surface area contributed by atoms with Gasteiger partial charge < -0.3 is 14.7 Å². The number of hydrogen-bond acceptors (Lipinski definition) is 4. The maximum atomic E-state index is 12.6. The Labute approximate surface area is 113 Å². The molecular formula is C13H21N3O3. The fraction of sp³-hybridized carbons (Fsp3) is 0.692. The molecule has 1 saturated heterocycles. The maximum Gasteiger partial charge on any atom is 0.272 e. The summed E-state index contributed by atoms with van der Waals surface area (Å²) in [4.78, 5) is 14.3. The molecule has 1 N–H and O–H groups in total. The van der Waals surface area contributed by atoms with Crippen molar-refractivity contribution in [1.29, 1.82) is 0 Å². The van der Waals surface area contributed by atoms with Gasteiger partial charge in [-0.1, -0.05) is 0 Å². The van der Waals surface area contributed by atoms with Crippen molar-refractivity contribution < 1.29 is 14.6 Å². The minimum absolute atomic E-state index is 0.00538. The predicted octanol–water partition coefficient (Wildman–Crippen LogP) is 0.686. The van der Waals surface area contributed by atoms with Gasteiger partial charge in [-0.25, -0.2) is 0 Å². The lowest BCUT2D eigenvalue weighted by atomic mass is 10.2. The van der Waals surface area contributed by atoms with Gasteiger partial charge in [0.1, 0.15) is 5.69 Å². The van der Waals surface area contributed by atoms with Crippen LogP contribution in [0.2, 0.25) is 0 Å². The highest BCUT2D eigenvalue weighted by Gasteiger charge is 2.31. The lowest BCUT2D eigenvalue weighted by molar-refractivity contribution is -0.0670. The number of rotatable bonds is 3. The first-order valence-corrected chi connectivity index (χ1v) is 6.61. The molecule has 0 spiro atoms. The van der Waals surface area contributed by atoms with Crippen LogP contribution in [0.1, 0.15) is 37.3 Å². The summed E-state index contributed by atoms with van der Waals surface area (Å²) in [6.45, 7) is 6.72. The standard InChI is InChI=1S/C13H21N3O3/c1-9(2)16-12(4-5-14-16)13(18)15-6-11(7-17)19-8-10(15)3/h4-5,9-11,17H,6-8H2,1-3H3. The van der Waals surface area contributed by atoms with Crippen LogP contribution in [0.25, 0.3) is 0 Å². The van der Waals surface area contributed by atoms with Crippen LogP contribution in [-0.4, -0.2) is 57.6 Å². The summed E-state index contributed by atoms with van der Waals surface area (Å²) in [5, 5.41) is 13.4. The zero-order valence-corrected chi connectivity index (χ0v) is 11.6. The van der Waals surface area contributed by atoms with Crippen molar-refractivity contribution in [2.45, 2.75) is 39.0 Å². The Bertz CT molecular complexity index is 444. The second-order valence-corrected chi connectivity index (χ2v) is 5.20. The van der Waals surface area contributed by atoms with Gasteiger partial charge in [0.2, 0.25) is 0 Å². The molecule has 19 heavy (non-hydrogen) atoms. The number of carbonyl (C=O) groups excluding carboxylic acids is 1. The summed E-state index contributed by atoms with van der Waals surface area (Å²) in [5.41, 5.74) is 0.584. The van der Waals surface area contributed by atoms with Crippen LogP contribution < -0.4 is 0 Å². The number of ether oxygens (including phenoxy) is 1. The molecule has 1 fully saturated rings. The molecular weight excluding hydrogens is 246 g/mol. The predicted molar refractivity (Wildman–Crippen MR) is 69.9 cm³/mol. The molecule has 2 unspecified atom stereocenters. The Balaban J connectivity index is 2.20. The van der Waals surface area contributed by atoms with E-state index in [2.05, 4.69) is 5.10 Å². The second-order valence-electron chi connectivity index (χ2n) is 5.20. The Morgan fingerprint density at radius 2 is 2.37 bits per heavy atom. The quantitative estimate of drug-likeness (QED) is 0.874. The molecule has 0 aromatic carbocycles. The van der Waals surface area contributed by atoms with E-state index >= 15 is 0 Å². The Morgan fingerprint density at radius 1 is 1.63 bits per heavy atom. The van der Waals surface area contributed by atoms with Crippen molar-refractivity contribution in [2.75, 3.05) is 19.8 Å². The molecule has 2 heterocycles. The third-order valence-corrected chi connectivity index (χ3v) is 3.35. The zero-order valence-electron chi connectivity index (χ0n) is 11.6. The van der Waals surface area contributed by atoms with Gasteiger partial charge in [-0.15, -0.1) is 0 Å². The average molecular weight is 267 g/mol. The number of aromatic nitrogens is 2. The summed E-state index contributed by atoms with van der Waals surface area (Å²) >= 11 is 0. The largest absolute Gasteiger partial charge is 0.394 e. The molecule has 0 aliphatic carbocycles. The van der Waals surface area contributed by atoms with Crippen molar-refractivity contribution in [1.82, 2.24) is 14.7 Å². The topological polar surface area (TPSA) is 67.6 Å². The molecule has 0 bridgehead atoms. The smallest absolute Gasteiger partial charge is 0.272 e. The fourth-order valence-electron chi connectivity index (χ4n) is 2.25. The second kappa shape index (κ2) is 5.71. The average Bonchev–Trinajstić information content (AvgIpc) is 2.88. The van der Waals surface area contributed by atoms with Crippen LogP contribution in [0.5, 0.6) is 0 Å². The molecule has 6 nitrogen and oxygen atoms in total. The van der Waals surface area contributed by atoms with Gasteiger partial charge in [0.25, 0.3) is 5.91 Å². The summed E-state index contributed by atoms with van der Waals surface area (Å²) in [6.07, 6.45) is 1.34. The highest BCUT2D eigenvalue weighted by molar-refractivity contribution is 5.92. The maximum absolute atomic E-state index is 12.6. The lowest BCUT2D eigenvalue weighted by Crippen LogP contribution is -2.52. The minimum Gasteiger partial charge on any atom is -0.394 e. The molecule has 2 atom stereocenters. The van der Waals surface area contributed by atoms with Gasteiger partial charge in [0.15, 0.2) is 0 Å². The van der Waals surface area contributed by atoms with E-state index in [0.29, 0.717) is 18.8 Å². The Hall–Kier alpha value is -1.40. The van der Waals surface area contributed by atoms with E-state index in [1.807, 2.05) is 20.8 Å². The van der Waals surface area contributed by atoms with E-state index in [1.165, 1.54) is 0 Å². The molecule has 2 rings (SSSR count). The summed E-state index contributed by atoms with van der Waals surface area (Å²) < 4.78 is 7.17. The van der Waals surface area contributed by atoms with E-state index < -0.39 is 0 Å². The Kier molecular flexibility index (Phi) is 4.21. The molecule has 1 aliphatic rings. The van der Waals surface area contributed by atoms with E-state index in [-0.39, 0.29) is 30.7 Å². The van der Waals surface area contributed by atoms with Gasteiger partial charge in [-0.3, -0.25) is 9.48 Å². The molecule has 1 aliphatic heterocycles. The number of aliphatic hydroxyl groups excluding tert-OH is 1. The summed E-state index contributed by atoms with van der Waals surface area (Å²) in [7, 11) is 0. The lowest BCUT2D eigenvalue weighted by Gasteiger charge is -2.37. The first-order chi connectivity index (χ1) is 9.04. The van der Waals surface area contributed by atoms with Crippen LogP contribution in [-0.2, 0) is 4.74 Å². The highest BCUT2D eigenvalue weighted by atomic mass is 16.5. The van der Waals surface area contributed by atoms with Crippen molar-refractivity contribution in [3.05, 3.63) is 18.0 Å². The van der Waals surface area contributed by atoms with Gasteiger partial charge in [0, 0.05) is 18.8 Å². The van der Waals surface area contributed by atoms with Crippen LogP contribution in [0.3, 0.4) is 0 Å². The molecule has 1 amide bonds. The minimum atomic E-state index is -0.296. The number of hydrogen-bond donors (Lipinski definition) is 1. The van der Waals surface area contributed by atoms with Crippen molar-refractivity contribution in [3.63, 3.8) is 0 Å². The number of amides is 1. The van der Waals surface area contributed by atoms with Gasteiger partial charge in [-0.2, -0.15) is 5.10 Å². The number of morpholine rings is 1. The number of carbonyl (C=O) groups is 1. The first kappa shape index (κ1) is 14.0. The number of aliphatic hydroxyl groups is 1. The van der Waals surface area contributed by atoms with Gasteiger partial charge in [0.05, 0.1) is 25.4 Å². The monoisotopic (exact) mass is 267 g/mol. The van der Waals surface area contributed by atoms with E-state index in [0.717, 1.165) is 0 Å². The van der Waals surface area contributed by atoms with Gasteiger partial charge >= 0.3 is 0 Å². The normalized spacial score (nSPS) is 23.9. The summed E-state index contributed by atoms with van der Waals surface area (Å²) in [6, 6.07) is 1.88. The van der Waals surface area contributed by atoms with Crippen molar-refractivity contribution in [2.24, 2.45) is 0 Å². The third kappa shape index (κ3) is 2.79. The molecule has 0 radical (unpaired) electrons. The van der Waals surface area contributed by atoms with Crippen molar-refractivity contribution >= 4 is 5.91 Å². The fourth-order valence-corrected chi connectivity index (χ4v) is 2.25. The number of nitrogens with zero attached hydrogens (tertiary/aromatic N) is 3. The van der Waals surface area contributed by atoms with Crippen molar-refractivity contribution in [3.8, 4) is 0 Å². The molecule has 6 heteroatoms. The highest BCUT2D eigenvalue weighted by Crippen LogP contribution is 2.17. The zero-order chi connectivity index (χ0) is 14.0. The molecule has 1 aromatic heterocycles. The van der Waals surface area contributed by atoms with E-state index in [9.17, 15) is 4.79 Å². The summed E-state index contributed by atoms with van der Waals surface area (Å²) in [5.74, 6) is -0.0551. The first-order valence-electron chi connectivity index (χ1n) is 6.61. The van der Waals surface area contributed by atoms with E-state index in [1.54, 1.807) is 21.8 Å². The van der Waals surface area contributed by atoms with Crippen LogP contribution in [0, 0.1) is 0 Å². The molecule has 106 valence electrons. The Morgan fingerprint density at radius 3 is 3.00 bits per heavy atom. The molecule has 0 saturated carbocycles. The third-order valence-electron chi connectivity index (χ3n) is 3.35.